The summed E-state index contributed by atoms with van der Waals surface area (Å²) in [4.78, 5) is 29.3. The lowest BCUT2D eigenvalue weighted by atomic mass is 10.0. The van der Waals surface area contributed by atoms with Crippen LogP contribution in [0.15, 0.2) is 78.9 Å². The molecule has 0 radical (unpaired) electrons. The quantitative estimate of drug-likeness (QED) is 0.303. The number of halogens is 1. The second kappa shape index (κ2) is 14.8. The fourth-order valence-electron chi connectivity index (χ4n) is 4.32. The van der Waals surface area contributed by atoms with E-state index in [0.29, 0.717) is 17.7 Å². The lowest BCUT2D eigenvalue weighted by Gasteiger charge is -2.35. The Balaban J connectivity index is 2.12. The Bertz CT molecular complexity index is 1450. The second-order valence-electron chi connectivity index (χ2n) is 10.1. The van der Waals surface area contributed by atoms with Gasteiger partial charge in [0.25, 0.3) is 0 Å². The summed E-state index contributed by atoms with van der Waals surface area (Å²) in [5, 5.41) is 2.98. The molecule has 0 heterocycles. The molecule has 9 nitrogen and oxygen atoms in total. The van der Waals surface area contributed by atoms with Crippen molar-refractivity contribution in [3.05, 3.63) is 95.8 Å². The van der Waals surface area contributed by atoms with E-state index in [2.05, 4.69) is 5.32 Å². The van der Waals surface area contributed by atoms with E-state index in [9.17, 15) is 22.4 Å². The molecule has 0 aromatic heterocycles. The Kier molecular flexibility index (Phi) is 11.5. The molecular formula is C31H39FN4O5S. The number of amides is 2. The number of para-hydroxylation sites is 1. The van der Waals surface area contributed by atoms with Crippen LogP contribution in [0.1, 0.15) is 31.4 Å². The summed E-state index contributed by atoms with van der Waals surface area (Å²) in [6.45, 7) is 3.06. The van der Waals surface area contributed by atoms with E-state index in [-0.39, 0.29) is 30.6 Å². The van der Waals surface area contributed by atoms with Gasteiger partial charge in [0.1, 0.15) is 24.2 Å². The highest BCUT2D eigenvalue weighted by atomic mass is 32.2. The van der Waals surface area contributed by atoms with Crippen LogP contribution in [0.4, 0.5) is 10.1 Å². The molecule has 0 aliphatic carbocycles. The van der Waals surface area contributed by atoms with Gasteiger partial charge in [-0.1, -0.05) is 61.5 Å². The molecule has 3 aromatic carbocycles. The van der Waals surface area contributed by atoms with E-state index in [0.717, 1.165) is 20.2 Å². The van der Waals surface area contributed by atoms with Crippen LogP contribution in [0.5, 0.6) is 5.75 Å². The van der Waals surface area contributed by atoms with Crippen LogP contribution >= 0.6 is 0 Å². The van der Waals surface area contributed by atoms with Gasteiger partial charge in [-0.05, 0) is 48.7 Å². The number of carbonyl (C=O) groups is 2. The molecule has 0 aliphatic rings. The third-order valence-corrected chi connectivity index (χ3v) is 8.70. The summed E-state index contributed by atoms with van der Waals surface area (Å²) in [7, 11) is -0.160. The van der Waals surface area contributed by atoms with Gasteiger partial charge in [0.05, 0.1) is 12.8 Å². The SMILES string of the molecule is CC[C@H](C)NC(=O)[C@H](Cc1ccccc1)N(Cc1cccc(OC)c1)C(=O)CN(c1ccccc1F)S(=O)(=O)N(C)C. The molecule has 0 unspecified atom stereocenters. The number of hydrogen-bond donors (Lipinski definition) is 1. The minimum absolute atomic E-state index is 0.0193. The van der Waals surface area contributed by atoms with Crippen LogP contribution < -0.4 is 14.4 Å². The molecule has 0 fully saturated rings. The molecule has 0 saturated heterocycles. The zero-order valence-corrected chi connectivity index (χ0v) is 25.5. The van der Waals surface area contributed by atoms with Crippen LogP contribution in [0.3, 0.4) is 0 Å². The van der Waals surface area contributed by atoms with E-state index in [4.69, 9.17) is 4.74 Å². The summed E-state index contributed by atoms with van der Waals surface area (Å²) in [6.07, 6.45) is 0.856. The van der Waals surface area contributed by atoms with Crippen molar-refractivity contribution in [3.8, 4) is 5.75 Å². The van der Waals surface area contributed by atoms with Crippen LogP contribution in [0, 0.1) is 5.82 Å². The fraction of sp³-hybridized carbons (Fsp3) is 0.355. The first-order valence-corrected chi connectivity index (χ1v) is 15.1. The Morgan fingerprint density at radius 3 is 2.21 bits per heavy atom. The number of anilines is 1. The van der Waals surface area contributed by atoms with Crippen LogP contribution in [-0.2, 0) is 32.8 Å². The predicted molar refractivity (Wildman–Crippen MR) is 162 cm³/mol. The van der Waals surface area contributed by atoms with Gasteiger partial charge >= 0.3 is 10.2 Å². The molecule has 3 aromatic rings. The lowest BCUT2D eigenvalue weighted by Crippen LogP contribution is -2.55. The van der Waals surface area contributed by atoms with Gasteiger partial charge in [0.2, 0.25) is 11.8 Å². The zero-order chi connectivity index (χ0) is 30.9. The maximum atomic E-state index is 14.9. The highest BCUT2D eigenvalue weighted by molar-refractivity contribution is 7.90. The van der Waals surface area contributed by atoms with Crippen LogP contribution in [-0.4, -0.2) is 69.3 Å². The van der Waals surface area contributed by atoms with E-state index in [1.807, 2.05) is 44.2 Å². The van der Waals surface area contributed by atoms with Crippen molar-refractivity contribution in [1.29, 1.82) is 0 Å². The van der Waals surface area contributed by atoms with Crippen LogP contribution in [0.2, 0.25) is 0 Å². The van der Waals surface area contributed by atoms with Gasteiger partial charge in [-0.2, -0.15) is 12.7 Å². The van der Waals surface area contributed by atoms with Crippen LogP contribution in [0.25, 0.3) is 0 Å². The van der Waals surface area contributed by atoms with Gasteiger partial charge < -0.3 is 15.0 Å². The predicted octanol–water partition coefficient (Wildman–Crippen LogP) is 4.00. The van der Waals surface area contributed by atoms with Crippen molar-refractivity contribution in [2.75, 3.05) is 32.1 Å². The van der Waals surface area contributed by atoms with Crippen molar-refractivity contribution in [1.82, 2.24) is 14.5 Å². The normalized spacial score (nSPS) is 12.8. The first-order chi connectivity index (χ1) is 20.0. The Hall–Kier alpha value is -3.96. The molecule has 2 amide bonds. The number of methoxy groups -OCH3 is 1. The Morgan fingerprint density at radius 2 is 1.60 bits per heavy atom. The van der Waals surface area contributed by atoms with Gasteiger partial charge in [-0.15, -0.1) is 0 Å². The minimum atomic E-state index is -4.30. The molecule has 0 saturated carbocycles. The number of ether oxygens (including phenoxy) is 1. The van der Waals surface area contributed by atoms with Gasteiger partial charge in [0.15, 0.2) is 0 Å². The van der Waals surface area contributed by atoms with Gasteiger partial charge in [0, 0.05) is 33.1 Å². The summed E-state index contributed by atoms with van der Waals surface area (Å²) in [5.74, 6) is -1.29. The van der Waals surface area contributed by atoms with Crippen molar-refractivity contribution in [3.63, 3.8) is 0 Å². The molecule has 226 valence electrons. The maximum Gasteiger partial charge on any atom is 0.304 e. The summed E-state index contributed by atoms with van der Waals surface area (Å²) < 4.78 is 48.7. The first kappa shape index (κ1) is 32.6. The number of nitrogens with one attached hydrogen (secondary N) is 1. The van der Waals surface area contributed by atoms with E-state index in [1.54, 1.807) is 24.3 Å². The maximum absolute atomic E-state index is 14.9. The topological polar surface area (TPSA) is 99.3 Å². The standard InChI is InChI=1S/C31H39FN4O5S/c1-6-23(2)33-31(38)29(20-24-13-8-7-9-14-24)35(21-25-15-12-16-26(19-25)41-5)30(37)22-36(42(39,40)34(3)4)28-18-11-10-17-27(28)32/h7-19,23,29H,6,20-22H2,1-5H3,(H,33,38)/t23-,29-/m0/s1. The largest absolute Gasteiger partial charge is 0.497 e. The molecule has 3 rings (SSSR count). The Morgan fingerprint density at radius 1 is 0.952 bits per heavy atom. The number of carbonyl (C=O) groups excluding carboxylic acids is 2. The van der Waals surface area contributed by atoms with E-state index in [1.165, 1.54) is 44.3 Å². The third-order valence-electron chi connectivity index (χ3n) is 6.90. The number of hydrogen-bond acceptors (Lipinski definition) is 5. The average molecular weight is 599 g/mol. The summed E-state index contributed by atoms with van der Waals surface area (Å²) in [6, 6.07) is 20.5. The molecule has 42 heavy (non-hydrogen) atoms. The van der Waals surface area contributed by atoms with E-state index >= 15 is 0 Å². The highest BCUT2D eigenvalue weighted by Gasteiger charge is 2.35. The molecule has 0 spiro atoms. The van der Waals surface area contributed by atoms with Gasteiger partial charge in [-0.25, -0.2) is 8.70 Å². The monoisotopic (exact) mass is 598 g/mol. The van der Waals surface area contributed by atoms with Gasteiger partial charge in [-0.3, -0.25) is 9.59 Å². The Labute approximate surface area is 248 Å². The fourth-order valence-corrected chi connectivity index (χ4v) is 5.38. The second-order valence-corrected chi connectivity index (χ2v) is 12.2. The number of nitrogens with zero attached hydrogens (tertiary/aromatic N) is 3. The zero-order valence-electron chi connectivity index (χ0n) is 24.7. The summed E-state index contributed by atoms with van der Waals surface area (Å²) in [5.41, 5.74) is 1.21. The lowest BCUT2D eigenvalue weighted by molar-refractivity contribution is -0.140. The molecule has 11 heteroatoms. The highest BCUT2D eigenvalue weighted by Crippen LogP contribution is 2.25. The van der Waals surface area contributed by atoms with Crippen molar-refractivity contribution < 1.29 is 27.1 Å². The van der Waals surface area contributed by atoms with E-state index < -0.39 is 34.5 Å². The molecule has 1 N–H and O–H groups in total. The van der Waals surface area contributed by atoms with Crippen molar-refractivity contribution in [2.24, 2.45) is 0 Å². The third kappa shape index (κ3) is 8.29. The molecular weight excluding hydrogens is 559 g/mol. The van der Waals surface area contributed by atoms with Crippen molar-refractivity contribution in [2.45, 2.75) is 45.3 Å². The number of benzene rings is 3. The molecule has 0 bridgehead atoms. The molecule has 2 atom stereocenters. The average Bonchev–Trinajstić information content (AvgIpc) is 2.98. The number of rotatable bonds is 14. The minimum Gasteiger partial charge on any atom is -0.497 e. The molecule has 0 aliphatic heterocycles. The smallest absolute Gasteiger partial charge is 0.304 e. The summed E-state index contributed by atoms with van der Waals surface area (Å²) >= 11 is 0. The first-order valence-electron chi connectivity index (χ1n) is 13.7. The van der Waals surface area contributed by atoms with Crippen molar-refractivity contribution >= 4 is 27.7 Å².